The van der Waals surface area contributed by atoms with Gasteiger partial charge in [0.25, 0.3) is 0 Å². The second-order valence-electron chi connectivity index (χ2n) is 5.12. The molecule has 1 aromatic carbocycles. The topological polar surface area (TPSA) is 12.0 Å². The molecule has 4 atom stereocenters. The van der Waals surface area contributed by atoms with Crippen molar-refractivity contribution in [2.75, 3.05) is 12.3 Å². The van der Waals surface area contributed by atoms with Crippen molar-refractivity contribution in [3.8, 4) is 0 Å². The van der Waals surface area contributed by atoms with E-state index < -0.39 is 11.6 Å². The van der Waals surface area contributed by atoms with E-state index in [9.17, 15) is 8.78 Å². The van der Waals surface area contributed by atoms with Gasteiger partial charge in [-0.15, -0.1) is 0 Å². The molecule has 1 aromatic rings. The molecule has 0 radical (unpaired) electrons. The highest BCUT2D eigenvalue weighted by molar-refractivity contribution is 8.07. The standard InChI is InChI=1S/C15H21F2NS2/c1-4-18-15(12-6-5-11(16)7-13(12)17)14-8-19-9(2)10(3)20-14/h5-7,9-10,14-15,18H,4,8H2,1-3H3. The van der Waals surface area contributed by atoms with Gasteiger partial charge in [0.1, 0.15) is 11.6 Å². The Hall–Kier alpha value is -0.260. The lowest BCUT2D eigenvalue weighted by Crippen LogP contribution is -2.37. The minimum absolute atomic E-state index is 0.0620. The molecule has 2 rings (SSSR count). The Morgan fingerprint density at radius 1 is 1.30 bits per heavy atom. The summed E-state index contributed by atoms with van der Waals surface area (Å²) in [5.74, 6) is 0.0203. The normalized spacial score (nSPS) is 28.4. The van der Waals surface area contributed by atoms with E-state index in [2.05, 4.69) is 19.2 Å². The molecule has 1 nitrogen and oxygen atoms in total. The van der Waals surface area contributed by atoms with Crippen LogP contribution in [-0.4, -0.2) is 28.0 Å². The second kappa shape index (κ2) is 7.14. The number of hydrogen-bond acceptors (Lipinski definition) is 3. The van der Waals surface area contributed by atoms with E-state index in [4.69, 9.17) is 0 Å². The fourth-order valence-corrected chi connectivity index (χ4v) is 5.51. The number of rotatable bonds is 4. The van der Waals surface area contributed by atoms with Crippen molar-refractivity contribution in [1.82, 2.24) is 5.32 Å². The molecule has 0 saturated carbocycles. The zero-order valence-electron chi connectivity index (χ0n) is 12.0. The largest absolute Gasteiger partial charge is 0.309 e. The Labute approximate surface area is 128 Å². The van der Waals surface area contributed by atoms with Gasteiger partial charge >= 0.3 is 0 Å². The summed E-state index contributed by atoms with van der Waals surface area (Å²) in [4.78, 5) is 0. The first-order chi connectivity index (χ1) is 9.52. The Morgan fingerprint density at radius 3 is 2.65 bits per heavy atom. The van der Waals surface area contributed by atoms with Gasteiger partial charge in [0, 0.05) is 39.2 Å². The molecule has 0 bridgehead atoms. The molecule has 0 spiro atoms. The number of nitrogens with one attached hydrogen (secondary N) is 1. The van der Waals surface area contributed by atoms with Gasteiger partial charge in [-0.25, -0.2) is 8.78 Å². The summed E-state index contributed by atoms with van der Waals surface area (Å²) < 4.78 is 27.1. The van der Waals surface area contributed by atoms with Gasteiger partial charge in [0.2, 0.25) is 0 Å². The Morgan fingerprint density at radius 2 is 2.05 bits per heavy atom. The van der Waals surface area contributed by atoms with E-state index in [1.54, 1.807) is 6.07 Å². The zero-order chi connectivity index (χ0) is 14.7. The minimum Gasteiger partial charge on any atom is -0.309 e. The van der Waals surface area contributed by atoms with Crippen molar-refractivity contribution in [1.29, 1.82) is 0 Å². The van der Waals surface area contributed by atoms with Crippen LogP contribution < -0.4 is 5.32 Å². The van der Waals surface area contributed by atoms with Crippen molar-refractivity contribution in [2.24, 2.45) is 0 Å². The average Bonchev–Trinajstić information content (AvgIpc) is 2.40. The number of halogens is 2. The lowest BCUT2D eigenvalue weighted by molar-refractivity contribution is 0.501. The summed E-state index contributed by atoms with van der Waals surface area (Å²) in [6.07, 6.45) is 0. The molecule has 0 amide bonds. The zero-order valence-corrected chi connectivity index (χ0v) is 13.7. The molecule has 1 fully saturated rings. The smallest absolute Gasteiger partial charge is 0.130 e. The highest BCUT2D eigenvalue weighted by atomic mass is 32.2. The van der Waals surface area contributed by atoms with Crippen LogP contribution >= 0.6 is 23.5 Å². The van der Waals surface area contributed by atoms with E-state index in [1.807, 2.05) is 30.4 Å². The van der Waals surface area contributed by atoms with Gasteiger partial charge in [-0.2, -0.15) is 23.5 Å². The van der Waals surface area contributed by atoms with E-state index in [1.165, 1.54) is 6.07 Å². The SMILES string of the molecule is CCNC(c1ccc(F)cc1F)C1CSC(C)C(C)S1. The Kier molecular flexibility index (Phi) is 5.75. The Bertz CT molecular complexity index is 455. The van der Waals surface area contributed by atoms with Crippen LogP contribution in [-0.2, 0) is 0 Å². The molecular weight excluding hydrogens is 296 g/mol. The number of hydrogen-bond donors (Lipinski definition) is 1. The van der Waals surface area contributed by atoms with Crippen LogP contribution in [0.1, 0.15) is 32.4 Å². The van der Waals surface area contributed by atoms with Crippen LogP contribution in [0.2, 0.25) is 0 Å². The Balaban J connectivity index is 2.22. The predicted octanol–water partition coefficient (Wildman–Crippen LogP) is 4.24. The molecule has 20 heavy (non-hydrogen) atoms. The van der Waals surface area contributed by atoms with Crippen molar-refractivity contribution in [2.45, 2.75) is 42.6 Å². The molecule has 1 aliphatic heterocycles. The maximum atomic E-state index is 14.1. The molecule has 0 aromatic heterocycles. The van der Waals surface area contributed by atoms with Crippen LogP contribution in [0, 0.1) is 11.6 Å². The third kappa shape index (κ3) is 3.68. The third-order valence-electron chi connectivity index (χ3n) is 3.67. The maximum Gasteiger partial charge on any atom is 0.130 e. The van der Waals surface area contributed by atoms with Gasteiger partial charge in [-0.1, -0.05) is 26.8 Å². The summed E-state index contributed by atoms with van der Waals surface area (Å²) in [7, 11) is 0. The fraction of sp³-hybridized carbons (Fsp3) is 0.600. The summed E-state index contributed by atoms with van der Waals surface area (Å²) in [6, 6.07) is 3.83. The number of benzene rings is 1. The number of thioether (sulfide) groups is 2. The van der Waals surface area contributed by atoms with Gasteiger partial charge < -0.3 is 5.32 Å². The predicted molar refractivity (Wildman–Crippen MR) is 85.5 cm³/mol. The first-order valence-electron chi connectivity index (χ1n) is 6.98. The molecule has 1 N–H and O–H groups in total. The van der Waals surface area contributed by atoms with Crippen molar-refractivity contribution in [3.05, 3.63) is 35.4 Å². The second-order valence-corrected chi connectivity index (χ2v) is 8.15. The molecule has 1 aliphatic rings. The van der Waals surface area contributed by atoms with Crippen LogP contribution in [0.25, 0.3) is 0 Å². The van der Waals surface area contributed by atoms with Gasteiger partial charge in [0.15, 0.2) is 0 Å². The molecule has 112 valence electrons. The van der Waals surface area contributed by atoms with Crippen molar-refractivity contribution >= 4 is 23.5 Å². The summed E-state index contributed by atoms with van der Waals surface area (Å²) in [6.45, 7) is 7.24. The monoisotopic (exact) mass is 317 g/mol. The quantitative estimate of drug-likeness (QED) is 0.892. The lowest BCUT2D eigenvalue weighted by Gasteiger charge is -2.36. The first-order valence-corrected chi connectivity index (χ1v) is 8.97. The van der Waals surface area contributed by atoms with Gasteiger partial charge in [0.05, 0.1) is 0 Å². The molecule has 5 heteroatoms. The van der Waals surface area contributed by atoms with E-state index in [0.717, 1.165) is 18.4 Å². The minimum atomic E-state index is -0.519. The van der Waals surface area contributed by atoms with Crippen LogP contribution in [0.5, 0.6) is 0 Å². The van der Waals surface area contributed by atoms with Crippen molar-refractivity contribution < 1.29 is 8.78 Å². The van der Waals surface area contributed by atoms with Crippen LogP contribution in [0.4, 0.5) is 8.78 Å². The van der Waals surface area contributed by atoms with Gasteiger partial charge in [-0.05, 0) is 12.6 Å². The van der Waals surface area contributed by atoms with E-state index in [-0.39, 0.29) is 6.04 Å². The molecule has 1 heterocycles. The summed E-state index contributed by atoms with van der Waals surface area (Å²) in [5.41, 5.74) is 0.577. The maximum absolute atomic E-state index is 14.1. The summed E-state index contributed by atoms with van der Waals surface area (Å²) in [5, 5.41) is 4.85. The van der Waals surface area contributed by atoms with Crippen molar-refractivity contribution in [3.63, 3.8) is 0 Å². The van der Waals surface area contributed by atoms with E-state index >= 15 is 0 Å². The highest BCUT2D eigenvalue weighted by Gasteiger charge is 2.32. The molecule has 0 aliphatic carbocycles. The summed E-state index contributed by atoms with van der Waals surface area (Å²) >= 11 is 3.84. The van der Waals surface area contributed by atoms with Crippen LogP contribution in [0.15, 0.2) is 18.2 Å². The van der Waals surface area contributed by atoms with Gasteiger partial charge in [-0.3, -0.25) is 0 Å². The van der Waals surface area contributed by atoms with E-state index in [0.29, 0.717) is 21.3 Å². The first kappa shape index (κ1) is 16.1. The lowest BCUT2D eigenvalue weighted by atomic mass is 10.0. The third-order valence-corrected chi connectivity index (χ3v) is 7.16. The fourth-order valence-electron chi connectivity index (χ4n) is 2.40. The molecular formula is C15H21F2NS2. The molecule has 1 saturated heterocycles. The molecule has 4 unspecified atom stereocenters. The highest BCUT2D eigenvalue weighted by Crippen LogP contribution is 2.41. The average molecular weight is 317 g/mol. The van der Waals surface area contributed by atoms with Crippen LogP contribution in [0.3, 0.4) is 0 Å².